The van der Waals surface area contributed by atoms with Gasteiger partial charge >= 0.3 is 6.29 Å². The predicted octanol–water partition coefficient (Wildman–Crippen LogP) is 3.20. The highest BCUT2D eigenvalue weighted by molar-refractivity contribution is 5.72. The quantitative estimate of drug-likeness (QED) is 0.784. The minimum absolute atomic E-state index is 0.0159. The van der Waals surface area contributed by atoms with E-state index in [1.165, 1.54) is 0 Å². The van der Waals surface area contributed by atoms with Gasteiger partial charge in [-0.05, 0) is 30.7 Å². The normalized spacial score (nSPS) is 19.4. The Balaban J connectivity index is 2.28. The van der Waals surface area contributed by atoms with Crippen molar-refractivity contribution in [1.29, 1.82) is 0 Å². The van der Waals surface area contributed by atoms with E-state index < -0.39 is 6.29 Å². The van der Waals surface area contributed by atoms with Crippen LogP contribution < -0.4 is 15.2 Å². The van der Waals surface area contributed by atoms with E-state index in [4.69, 9.17) is 5.73 Å². The highest BCUT2D eigenvalue weighted by Gasteiger charge is 2.47. The number of anilines is 1. The highest BCUT2D eigenvalue weighted by atomic mass is 19.3. The minimum atomic E-state index is -3.57. The highest BCUT2D eigenvalue weighted by Crippen LogP contribution is 2.53. The third kappa shape index (κ3) is 1.46. The average Bonchev–Trinajstić information content (AvgIpc) is 2.80. The Morgan fingerprint density at radius 2 is 1.72 bits per heavy atom. The number of benzene rings is 1. The molecule has 0 amide bonds. The fraction of sp³-hybridized carbons (Fsp3) is 0.538. The Morgan fingerprint density at radius 3 is 2.39 bits per heavy atom. The molecule has 98 valence electrons. The maximum Gasteiger partial charge on any atom is 0.586 e. The molecule has 0 fully saturated rings. The molecular weight excluding hydrogens is 240 g/mol. The van der Waals surface area contributed by atoms with Gasteiger partial charge in [-0.1, -0.05) is 13.8 Å². The van der Waals surface area contributed by atoms with Crippen LogP contribution >= 0.6 is 0 Å². The summed E-state index contributed by atoms with van der Waals surface area (Å²) in [6, 6.07) is 0. The van der Waals surface area contributed by atoms with Gasteiger partial charge in [0.1, 0.15) is 0 Å². The Hall–Kier alpha value is -1.52. The first-order valence-electron chi connectivity index (χ1n) is 6.13. The second-order valence-electron chi connectivity index (χ2n) is 5.12. The fourth-order valence-electron chi connectivity index (χ4n) is 2.88. The van der Waals surface area contributed by atoms with Gasteiger partial charge in [0.25, 0.3) is 0 Å². The van der Waals surface area contributed by atoms with E-state index in [0.717, 1.165) is 30.4 Å². The Morgan fingerprint density at radius 1 is 1.11 bits per heavy atom. The van der Waals surface area contributed by atoms with Crippen LogP contribution in [0.15, 0.2) is 0 Å². The summed E-state index contributed by atoms with van der Waals surface area (Å²) >= 11 is 0. The standard InChI is InChI=1S/C13H15F2NO2/c1-6(2)9-10(16)7-4-3-5-8(7)11-12(9)18-13(14,15)17-11/h6H,3-5,16H2,1-2H3. The SMILES string of the molecule is CC(C)c1c(N)c2c(c3c1OC(F)(F)O3)CCC2. The third-order valence-electron chi connectivity index (χ3n) is 3.58. The van der Waals surface area contributed by atoms with Crippen molar-refractivity contribution in [2.45, 2.75) is 45.3 Å². The largest absolute Gasteiger partial charge is 0.586 e. The van der Waals surface area contributed by atoms with Gasteiger partial charge in [-0.2, -0.15) is 0 Å². The Kier molecular flexibility index (Phi) is 2.24. The molecule has 0 atom stereocenters. The summed E-state index contributed by atoms with van der Waals surface area (Å²) < 4.78 is 35.9. The van der Waals surface area contributed by atoms with Crippen molar-refractivity contribution < 1.29 is 18.3 Å². The first kappa shape index (κ1) is 11.6. The summed E-state index contributed by atoms with van der Waals surface area (Å²) in [6.07, 6.45) is -1.11. The van der Waals surface area contributed by atoms with Gasteiger partial charge in [-0.15, -0.1) is 8.78 Å². The fourth-order valence-corrected chi connectivity index (χ4v) is 2.88. The topological polar surface area (TPSA) is 44.5 Å². The van der Waals surface area contributed by atoms with Gasteiger partial charge in [0.05, 0.1) is 0 Å². The van der Waals surface area contributed by atoms with E-state index >= 15 is 0 Å². The van der Waals surface area contributed by atoms with Crippen LogP contribution in [0.5, 0.6) is 11.5 Å². The molecule has 0 spiro atoms. The second-order valence-corrected chi connectivity index (χ2v) is 5.12. The number of nitrogen functional groups attached to an aromatic ring is 1. The van der Waals surface area contributed by atoms with Gasteiger partial charge < -0.3 is 15.2 Å². The summed E-state index contributed by atoms with van der Waals surface area (Å²) in [7, 11) is 0. The molecule has 0 unspecified atom stereocenters. The molecular formula is C13H15F2NO2. The third-order valence-corrected chi connectivity index (χ3v) is 3.58. The Labute approximate surface area is 104 Å². The zero-order valence-corrected chi connectivity index (χ0v) is 10.3. The molecule has 0 saturated heterocycles. The molecule has 0 saturated carbocycles. The van der Waals surface area contributed by atoms with Gasteiger partial charge in [0, 0.05) is 16.8 Å². The van der Waals surface area contributed by atoms with Gasteiger partial charge in [-0.25, -0.2) is 0 Å². The van der Waals surface area contributed by atoms with Gasteiger partial charge in [0.2, 0.25) is 0 Å². The van der Waals surface area contributed by atoms with Crippen LogP contribution in [0.4, 0.5) is 14.5 Å². The van der Waals surface area contributed by atoms with Crippen LogP contribution in [0.3, 0.4) is 0 Å². The number of ether oxygens (including phenoxy) is 2. The molecule has 1 aromatic rings. The number of rotatable bonds is 1. The van der Waals surface area contributed by atoms with E-state index in [0.29, 0.717) is 11.3 Å². The number of halogens is 2. The average molecular weight is 255 g/mol. The molecule has 2 aliphatic rings. The molecule has 18 heavy (non-hydrogen) atoms. The van der Waals surface area contributed by atoms with Crippen molar-refractivity contribution in [2.75, 3.05) is 5.73 Å². The van der Waals surface area contributed by atoms with Crippen molar-refractivity contribution in [1.82, 2.24) is 0 Å². The van der Waals surface area contributed by atoms with Crippen molar-refractivity contribution >= 4 is 5.69 Å². The lowest BCUT2D eigenvalue weighted by Gasteiger charge is -2.16. The molecule has 5 heteroatoms. The molecule has 1 heterocycles. The lowest BCUT2D eigenvalue weighted by atomic mass is 9.93. The van der Waals surface area contributed by atoms with Crippen molar-refractivity contribution in [3.63, 3.8) is 0 Å². The predicted molar refractivity (Wildman–Crippen MR) is 63.2 cm³/mol. The molecule has 1 aromatic carbocycles. The van der Waals surface area contributed by atoms with Crippen molar-refractivity contribution in [3.8, 4) is 11.5 Å². The lowest BCUT2D eigenvalue weighted by molar-refractivity contribution is -0.287. The molecule has 0 aromatic heterocycles. The van der Waals surface area contributed by atoms with Crippen LogP contribution in [0.25, 0.3) is 0 Å². The number of fused-ring (bicyclic) bond motifs is 3. The lowest BCUT2D eigenvalue weighted by Crippen LogP contribution is -2.26. The second kappa shape index (κ2) is 3.49. The van der Waals surface area contributed by atoms with Crippen LogP contribution in [-0.2, 0) is 12.8 Å². The van der Waals surface area contributed by atoms with E-state index in [-0.39, 0.29) is 17.4 Å². The summed E-state index contributed by atoms with van der Waals surface area (Å²) in [4.78, 5) is 0. The monoisotopic (exact) mass is 255 g/mol. The number of hydrogen-bond acceptors (Lipinski definition) is 3. The zero-order valence-electron chi connectivity index (χ0n) is 10.3. The van der Waals surface area contributed by atoms with E-state index in [9.17, 15) is 8.78 Å². The van der Waals surface area contributed by atoms with Gasteiger partial charge in [0.15, 0.2) is 11.5 Å². The maximum atomic E-state index is 13.3. The smallest absolute Gasteiger partial charge is 0.398 e. The Bertz CT molecular complexity index is 526. The van der Waals surface area contributed by atoms with Crippen LogP contribution in [0.2, 0.25) is 0 Å². The van der Waals surface area contributed by atoms with Crippen LogP contribution in [-0.4, -0.2) is 6.29 Å². The van der Waals surface area contributed by atoms with Crippen LogP contribution in [0.1, 0.15) is 42.9 Å². The molecule has 0 radical (unpaired) electrons. The van der Waals surface area contributed by atoms with Crippen LogP contribution in [0, 0.1) is 0 Å². The summed E-state index contributed by atoms with van der Waals surface area (Å²) in [5, 5.41) is 0. The zero-order chi connectivity index (χ0) is 13.1. The van der Waals surface area contributed by atoms with E-state index in [1.807, 2.05) is 13.8 Å². The first-order valence-corrected chi connectivity index (χ1v) is 6.13. The number of hydrogen-bond donors (Lipinski definition) is 1. The van der Waals surface area contributed by atoms with Crippen molar-refractivity contribution in [2.24, 2.45) is 0 Å². The summed E-state index contributed by atoms with van der Waals surface area (Å²) in [5.41, 5.74) is 9.11. The first-order chi connectivity index (χ1) is 8.41. The molecule has 0 bridgehead atoms. The van der Waals surface area contributed by atoms with Crippen molar-refractivity contribution in [3.05, 3.63) is 16.7 Å². The molecule has 1 aliphatic carbocycles. The van der Waals surface area contributed by atoms with Gasteiger partial charge in [-0.3, -0.25) is 0 Å². The van der Waals surface area contributed by atoms with E-state index in [1.54, 1.807) is 0 Å². The number of alkyl halides is 2. The summed E-state index contributed by atoms with van der Waals surface area (Å²) in [5.74, 6) is 0.348. The number of nitrogens with two attached hydrogens (primary N) is 1. The molecule has 3 nitrogen and oxygen atoms in total. The minimum Gasteiger partial charge on any atom is -0.398 e. The van der Waals surface area contributed by atoms with E-state index in [2.05, 4.69) is 9.47 Å². The molecule has 1 aliphatic heterocycles. The summed E-state index contributed by atoms with van der Waals surface area (Å²) in [6.45, 7) is 3.82. The molecule has 2 N–H and O–H groups in total. The molecule has 3 rings (SSSR count). The maximum absolute atomic E-state index is 13.3.